The molecule has 23 heavy (non-hydrogen) atoms. The van der Waals surface area contributed by atoms with Crippen molar-refractivity contribution in [1.82, 2.24) is 0 Å². The molecule has 0 N–H and O–H groups in total. The molecule has 0 nitrogen and oxygen atoms in total. The van der Waals surface area contributed by atoms with Crippen LogP contribution in [0.3, 0.4) is 0 Å². The average Bonchev–Trinajstić information content (AvgIpc) is 2.55. The Bertz CT molecular complexity index is 597. The molecule has 0 atom stereocenters. The molecule has 0 bridgehead atoms. The Morgan fingerprint density at radius 3 is 2.35 bits per heavy atom. The number of hydrogen-bond donors (Lipinski definition) is 0. The fraction of sp³-hybridized carbons (Fsp3) is 0.429. The van der Waals surface area contributed by atoms with E-state index >= 15 is 0 Å². The molecule has 1 aliphatic rings. The number of hydrogen-bond acceptors (Lipinski definition) is 0. The van der Waals surface area contributed by atoms with E-state index < -0.39 is 0 Å². The molecular weight excluding hydrogens is 360 g/mol. The van der Waals surface area contributed by atoms with Crippen molar-refractivity contribution in [2.75, 3.05) is 0 Å². The van der Waals surface area contributed by atoms with Gasteiger partial charge in [-0.15, -0.1) is 17.7 Å². The molecule has 0 unspecified atom stereocenters. The van der Waals surface area contributed by atoms with Gasteiger partial charge in [0.25, 0.3) is 0 Å². The van der Waals surface area contributed by atoms with E-state index in [-0.39, 0.29) is 38.5 Å². The van der Waals surface area contributed by atoms with Gasteiger partial charge in [0.2, 0.25) is 0 Å². The summed E-state index contributed by atoms with van der Waals surface area (Å²) in [6, 6.07) is 16.2. The van der Waals surface area contributed by atoms with E-state index in [4.69, 9.17) is 0 Å². The van der Waals surface area contributed by atoms with E-state index in [9.17, 15) is 4.39 Å². The Morgan fingerprint density at radius 1 is 1.00 bits per heavy atom. The van der Waals surface area contributed by atoms with Crippen LogP contribution in [0.15, 0.2) is 42.5 Å². The number of rotatable bonds is 4. The van der Waals surface area contributed by atoms with Gasteiger partial charge in [0.05, 0.1) is 0 Å². The molecule has 0 saturated heterocycles. The minimum Gasteiger partial charge on any atom is -0.236 e. The van der Waals surface area contributed by atoms with Crippen molar-refractivity contribution < 1.29 is 37.1 Å². The Morgan fingerprint density at radius 2 is 1.70 bits per heavy atom. The van der Waals surface area contributed by atoms with Crippen molar-refractivity contribution in [3.05, 3.63) is 59.9 Å². The van der Waals surface area contributed by atoms with Crippen LogP contribution in [0, 0.1) is 23.7 Å². The largest absolute Gasteiger partial charge is 3.00 e. The zero-order valence-electron chi connectivity index (χ0n) is 13.9. The van der Waals surface area contributed by atoms with Gasteiger partial charge in [0, 0.05) is 5.82 Å². The first-order chi connectivity index (χ1) is 10.7. The van der Waals surface area contributed by atoms with Crippen LogP contribution < -0.4 is 0 Å². The molecular formula is C21H24FY+2. The van der Waals surface area contributed by atoms with Crippen molar-refractivity contribution in [2.24, 2.45) is 11.8 Å². The molecule has 2 aromatic carbocycles. The van der Waals surface area contributed by atoms with Gasteiger partial charge in [-0.25, -0.2) is 4.39 Å². The molecule has 0 amide bonds. The zero-order valence-corrected chi connectivity index (χ0v) is 16.7. The maximum atomic E-state index is 13.2. The van der Waals surface area contributed by atoms with Gasteiger partial charge in [-0.3, -0.25) is 0 Å². The smallest absolute Gasteiger partial charge is 0.236 e. The molecule has 0 aliphatic heterocycles. The Hall–Kier alpha value is -0.526. The minimum atomic E-state index is -0.298. The fourth-order valence-electron chi connectivity index (χ4n) is 3.47. The summed E-state index contributed by atoms with van der Waals surface area (Å²) in [5, 5.41) is 0. The van der Waals surface area contributed by atoms with Gasteiger partial charge in [-0.1, -0.05) is 56.9 Å². The third-order valence-electron chi connectivity index (χ3n) is 5.03. The van der Waals surface area contributed by atoms with Crippen molar-refractivity contribution >= 4 is 0 Å². The molecule has 0 heterocycles. The van der Waals surface area contributed by atoms with Crippen molar-refractivity contribution in [3.63, 3.8) is 0 Å². The number of benzene rings is 2. The standard InChI is InChI=1S/C21H24F.Y/c1-16-5-7-17(8-6-16)9-10-18-11-13-19(14-12-18)20-3-2-4-21(22)15-20;/h2-3,11-17H,5-10H2,1H3;/q-1;+3. The van der Waals surface area contributed by atoms with Gasteiger partial charge in [0.15, 0.2) is 0 Å². The first-order valence-electron chi connectivity index (χ1n) is 8.47. The first-order valence-corrected chi connectivity index (χ1v) is 8.47. The van der Waals surface area contributed by atoms with Crippen LogP contribution in [0.25, 0.3) is 11.1 Å². The van der Waals surface area contributed by atoms with Gasteiger partial charge >= 0.3 is 32.7 Å². The van der Waals surface area contributed by atoms with Crippen LogP contribution in [-0.4, -0.2) is 0 Å². The maximum absolute atomic E-state index is 13.2. The zero-order chi connectivity index (χ0) is 15.4. The van der Waals surface area contributed by atoms with Crippen LogP contribution >= 0.6 is 0 Å². The van der Waals surface area contributed by atoms with Crippen LogP contribution in [0.5, 0.6) is 0 Å². The third kappa shape index (κ3) is 5.50. The molecule has 116 valence electrons. The van der Waals surface area contributed by atoms with Gasteiger partial charge in [0.1, 0.15) is 0 Å². The summed E-state index contributed by atoms with van der Waals surface area (Å²) in [6.07, 6.45) is 8.08. The van der Waals surface area contributed by atoms with Crippen LogP contribution in [0.4, 0.5) is 4.39 Å². The monoisotopic (exact) mass is 384 g/mol. The Labute approximate surface area is 164 Å². The summed E-state index contributed by atoms with van der Waals surface area (Å²) in [4.78, 5) is 0. The fourth-order valence-corrected chi connectivity index (χ4v) is 3.47. The second kappa shape index (κ2) is 9.09. The predicted octanol–water partition coefficient (Wildman–Crippen LogP) is 6.05. The first kappa shape index (κ1) is 18.8. The molecule has 0 radical (unpaired) electrons. The van der Waals surface area contributed by atoms with E-state index in [0.717, 1.165) is 29.4 Å². The molecule has 0 aromatic heterocycles. The summed E-state index contributed by atoms with van der Waals surface area (Å²) >= 11 is 0. The third-order valence-corrected chi connectivity index (χ3v) is 5.03. The van der Waals surface area contributed by atoms with E-state index in [1.54, 1.807) is 6.07 Å². The molecule has 2 heteroatoms. The maximum Gasteiger partial charge on any atom is 3.00 e. The van der Waals surface area contributed by atoms with Crippen LogP contribution in [0.1, 0.15) is 44.6 Å². The molecule has 1 fully saturated rings. The van der Waals surface area contributed by atoms with E-state index in [1.807, 2.05) is 6.07 Å². The average molecular weight is 384 g/mol. The topological polar surface area (TPSA) is 0 Å². The molecule has 2 aromatic rings. The second-order valence-corrected chi connectivity index (χ2v) is 6.79. The Kier molecular flexibility index (Phi) is 7.43. The molecule has 3 rings (SSSR count). The van der Waals surface area contributed by atoms with Crippen LogP contribution in [-0.2, 0) is 39.1 Å². The summed E-state index contributed by atoms with van der Waals surface area (Å²) in [5.41, 5.74) is 3.39. The van der Waals surface area contributed by atoms with Gasteiger partial charge in [-0.2, -0.15) is 12.1 Å². The molecule has 1 aliphatic carbocycles. The number of halogens is 1. The second-order valence-electron chi connectivity index (χ2n) is 6.79. The van der Waals surface area contributed by atoms with E-state index in [2.05, 4.69) is 37.3 Å². The van der Waals surface area contributed by atoms with E-state index in [1.165, 1.54) is 43.7 Å². The summed E-state index contributed by atoms with van der Waals surface area (Å²) < 4.78 is 13.2. The van der Waals surface area contributed by atoms with Crippen molar-refractivity contribution in [1.29, 1.82) is 0 Å². The van der Waals surface area contributed by atoms with Crippen molar-refractivity contribution in [3.8, 4) is 11.1 Å². The Balaban J connectivity index is 0.00000192. The SMILES string of the molecule is CC1CCC(CCc2ccc(-c3cc[c-]c(F)c3)cc2)CC1.[Y+3]. The van der Waals surface area contributed by atoms with Crippen molar-refractivity contribution in [2.45, 2.75) is 45.4 Å². The molecule has 0 spiro atoms. The van der Waals surface area contributed by atoms with E-state index in [0.29, 0.717) is 0 Å². The van der Waals surface area contributed by atoms with Gasteiger partial charge < -0.3 is 0 Å². The predicted molar refractivity (Wildman–Crippen MR) is 90.1 cm³/mol. The minimum absolute atomic E-state index is 0. The van der Waals surface area contributed by atoms with Gasteiger partial charge in [-0.05, 0) is 35.8 Å². The molecule has 1 saturated carbocycles. The summed E-state index contributed by atoms with van der Waals surface area (Å²) in [7, 11) is 0. The normalized spacial score (nSPS) is 20.8. The van der Waals surface area contributed by atoms with Crippen LogP contribution in [0.2, 0.25) is 0 Å². The quantitative estimate of drug-likeness (QED) is 0.563. The summed E-state index contributed by atoms with van der Waals surface area (Å²) in [5.74, 6) is 1.54. The number of aryl methyl sites for hydroxylation is 1. The summed E-state index contributed by atoms with van der Waals surface area (Å²) in [6.45, 7) is 2.37.